The van der Waals surface area contributed by atoms with Gasteiger partial charge in [0.05, 0.1) is 0 Å². The molecule has 0 aromatic heterocycles. The Morgan fingerprint density at radius 1 is 0.931 bits per heavy atom. The van der Waals surface area contributed by atoms with Crippen molar-refractivity contribution in [1.29, 1.82) is 0 Å². The van der Waals surface area contributed by atoms with Crippen molar-refractivity contribution < 1.29 is 20.8 Å². The molecule has 1 aromatic rings. The number of nitrogens with zero attached hydrogens (tertiary/aromatic N) is 1. The molecule has 1 saturated carbocycles. The fourth-order valence-electron chi connectivity index (χ4n) is 4.07. The van der Waals surface area contributed by atoms with Gasteiger partial charge in [0.25, 0.3) is 0 Å². The minimum atomic E-state index is -1.84. The summed E-state index contributed by atoms with van der Waals surface area (Å²) in [6, 6.07) is 10.8. The molecule has 1 fully saturated rings. The Morgan fingerprint density at radius 3 is 2.10 bits per heavy atom. The number of hydrogen-bond acceptors (Lipinski definition) is 0. The third-order valence-corrected chi connectivity index (χ3v) is 7.87. The van der Waals surface area contributed by atoms with Crippen LogP contribution in [0.25, 0.3) is 4.98 Å². The average molecular weight is 524 g/mol. The fourth-order valence-corrected chi connectivity index (χ4v) is 7.27. The summed E-state index contributed by atoms with van der Waals surface area (Å²) in [5.74, 6) is 4.35. The standard InChI is InChI=1S/C24H31NSi.2ClH.Zr/c1-24(2,3)25-26(4,5)23-18-20(21-16-9-10-17-22(21)23)15-11-14-19-12-7-6-8-13-19;;;/h6-10,12-13,16-18H,11,14-15H2,1-5H3;2*1H;/q-1;;;+4/p-2. The van der Waals surface area contributed by atoms with Crippen LogP contribution in [0.4, 0.5) is 0 Å². The molecule has 1 aromatic carbocycles. The summed E-state index contributed by atoms with van der Waals surface area (Å²) < 4.78 is 0. The van der Waals surface area contributed by atoms with Gasteiger partial charge in [-0.1, -0.05) is 96.7 Å². The number of fused-ring (bicyclic) bond motifs is 1. The van der Waals surface area contributed by atoms with Gasteiger partial charge in [-0.3, -0.25) is 0 Å². The van der Waals surface area contributed by atoms with E-state index in [1.54, 1.807) is 0 Å². The maximum atomic E-state index is 5.24. The Morgan fingerprint density at radius 2 is 1.52 bits per heavy atom. The molecule has 0 amide bonds. The number of aryl methyl sites for hydroxylation is 1. The van der Waals surface area contributed by atoms with E-state index in [2.05, 4.69) is 94.9 Å². The Bertz CT molecular complexity index is 669. The van der Waals surface area contributed by atoms with Gasteiger partial charge in [0.1, 0.15) is 0 Å². The van der Waals surface area contributed by atoms with Crippen LogP contribution in [0.15, 0.2) is 54.6 Å². The van der Waals surface area contributed by atoms with Crippen molar-refractivity contribution in [3.05, 3.63) is 94.9 Å². The molecule has 0 aliphatic heterocycles. The molecule has 0 saturated heterocycles. The molecule has 0 N–H and O–H groups in total. The Labute approximate surface area is 198 Å². The minimum absolute atomic E-state index is 0.0154. The molecule has 0 atom stereocenters. The van der Waals surface area contributed by atoms with E-state index in [1.165, 1.54) is 35.3 Å². The number of benzene rings is 1. The van der Waals surface area contributed by atoms with Crippen LogP contribution in [0, 0.1) is 29.7 Å². The Hall–Kier alpha value is 0.340. The zero-order chi connectivity index (χ0) is 21.5. The quantitative estimate of drug-likeness (QED) is 0.336. The fraction of sp³-hybridized carbons (Fsp3) is 0.375. The van der Waals surface area contributed by atoms with Crippen LogP contribution in [0.1, 0.15) is 39.2 Å². The van der Waals surface area contributed by atoms with E-state index in [1.807, 2.05) is 0 Å². The van der Waals surface area contributed by atoms with Gasteiger partial charge in [-0.25, -0.2) is 0 Å². The van der Waals surface area contributed by atoms with Crippen LogP contribution in [-0.2, 0) is 27.3 Å². The van der Waals surface area contributed by atoms with Crippen LogP contribution in [0.5, 0.6) is 0 Å². The molecular weight excluding hydrogens is 492 g/mol. The normalized spacial score (nSPS) is 18.3. The monoisotopic (exact) mass is 521 g/mol. The predicted molar refractivity (Wildman–Crippen MR) is 127 cm³/mol. The third kappa shape index (κ3) is 8.08. The summed E-state index contributed by atoms with van der Waals surface area (Å²) in [6.45, 7) is 11.4. The number of halogens is 2. The van der Waals surface area contributed by atoms with Gasteiger partial charge < -0.3 is 4.98 Å². The summed E-state index contributed by atoms with van der Waals surface area (Å²) in [7, 11) is 8.03. The van der Waals surface area contributed by atoms with Gasteiger partial charge in [0.2, 0.25) is 0 Å². The van der Waals surface area contributed by atoms with Crippen molar-refractivity contribution >= 4 is 25.3 Å². The average Bonchev–Trinajstić information content (AvgIpc) is 3.01. The van der Waals surface area contributed by atoms with E-state index in [9.17, 15) is 0 Å². The summed E-state index contributed by atoms with van der Waals surface area (Å²) in [6.07, 6.45) is 14.9. The van der Waals surface area contributed by atoms with Crippen LogP contribution in [0.3, 0.4) is 0 Å². The first-order chi connectivity index (χ1) is 13.7. The van der Waals surface area contributed by atoms with E-state index in [-0.39, 0.29) is 5.54 Å². The first kappa shape index (κ1) is 25.6. The second-order valence-corrected chi connectivity index (χ2v) is 16.5. The van der Waals surface area contributed by atoms with E-state index in [0.29, 0.717) is 0 Å². The molecule has 0 unspecified atom stereocenters. The molecule has 5 radical (unpaired) electrons. The van der Waals surface area contributed by atoms with E-state index < -0.39 is 29.1 Å². The van der Waals surface area contributed by atoms with Crippen LogP contribution in [0.2, 0.25) is 13.1 Å². The summed E-state index contributed by atoms with van der Waals surface area (Å²) in [5.41, 5.74) is 2.94. The van der Waals surface area contributed by atoms with Crippen LogP contribution >= 0.6 is 17.0 Å². The van der Waals surface area contributed by atoms with Gasteiger partial charge in [0, 0.05) is 11.8 Å². The molecule has 29 heavy (non-hydrogen) atoms. The molecule has 0 spiro atoms. The molecule has 3 rings (SSSR count). The molecular formula is C24H31Cl2NSiZr+. The maximum absolute atomic E-state index is 5.24. The van der Waals surface area contributed by atoms with Crippen molar-refractivity contribution in [2.24, 2.45) is 0 Å². The van der Waals surface area contributed by atoms with Gasteiger partial charge in [-0.15, -0.1) is 5.54 Å². The number of allylic oxidation sites excluding steroid dienone is 4. The zero-order valence-corrected chi connectivity index (χ0v) is 23.1. The predicted octanol–water partition coefficient (Wildman–Crippen LogP) is 7.94. The van der Waals surface area contributed by atoms with Crippen molar-refractivity contribution in [2.75, 3.05) is 0 Å². The van der Waals surface area contributed by atoms with E-state index >= 15 is 0 Å². The number of rotatable bonds is 6. The molecule has 153 valence electrons. The summed E-state index contributed by atoms with van der Waals surface area (Å²) >= 11 is -0.826. The van der Waals surface area contributed by atoms with Gasteiger partial charge in [0.15, 0.2) is 0 Å². The first-order valence-corrected chi connectivity index (χ1v) is 19.4. The Balaban J connectivity index is 0.000000941. The van der Waals surface area contributed by atoms with Gasteiger partial charge >= 0.3 is 37.9 Å². The molecule has 2 aliphatic rings. The molecule has 2 aliphatic carbocycles. The van der Waals surface area contributed by atoms with E-state index in [0.717, 1.165) is 12.8 Å². The number of hydrogen-bond donors (Lipinski definition) is 0. The SMILES string of the molecule is CC(C)(C)[N-][Si](C)(C)[C]1[CH][C](CCCc2ccccc2)[C]2C=CC=C[C]21.[Cl][Zr+2][Cl]. The molecule has 0 bridgehead atoms. The second-order valence-electron chi connectivity index (χ2n) is 8.88. The van der Waals surface area contributed by atoms with E-state index in [4.69, 9.17) is 22.0 Å². The molecule has 5 heteroatoms. The topological polar surface area (TPSA) is 14.1 Å². The second kappa shape index (κ2) is 11.8. The summed E-state index contributed by atoms with van der Waals surface area (Å²) in [4.78, 5) is 5.24. The van der Waals surface area contributed by atoms with Crippen LogP contribution in [-0.4, -0.2) is 13.8 Å². The van der Waals surface area contributed by atoms with Crippen molar-refractivity contribution in [3.8, 4) is 0 Å². The van der Waals surface area contributed by atoms with Gasteiger partial charge in [-0.2, -0.15) is 0 Å². The third-order valence-electron chi connectivity index (χ3n) is 4.91. The Kier molecular flexibility index (Phi) is 10.4. The van der Waals surface area contributed by atoms with Gasteiger partial charge in [-0.05, 0) is 42.7 Å². The van der Waals surface area contributed by atoms with Crippen molar-refractivity contribution in [2.45, 2.75) is 58.7 Å². The first-order valence-electron chi connectivity index (χ1n) is 10.1. The van der Waals surface area contributed by atoms with Crippen molar-refractivity contribution in [3.63, 3.8) is 0 Å². The van der Waals surface area contributed by atoms with Crippen LogP contribution < -0.4 is 0 Å². The van der Waals surface area contributed by atoms with Crippen molar-refractivity contribution in [1.82, 2.24) is 0 Å². The summed E-state index contributed by atoms with van der Waals surface area (Å²) in [5, 5.41) is 0. The molecule has 1 nitrogen and oxygen atoms in total. The molecule has 0 heterocycles. The zero-order valence-electron chi connectivity index (χ0n) is 18.1.